The molecule has 3 rings (SSSR count). The van der Waals surface area contributed by atoms with Crippen molar-refractivity contribution >= 4 is 21.6 Å². The number of carbonyl (C=O) groups excluding carboxylic acids is 1. The van der Waals surface area contributed by atoms with E-state index in [1.807, 2.05) is 0 Å². The van der Waals surface area contributed by atoms with E-state index in [1.54, 1.807) is 24.3 Å². The van der Waals surface area contributed by atoms with E-state index >= 15 is 0 Å². The minimum absolute atomic E-state index is 0.0661. The molecule has 0 unspecified atom stereocenters. The van der Waals surface area contributed by atoms with Crippen molar-refractivity contribution in [3.63, 3.8) is 0 Å². The molecule has 0 fully saturated rings. The molecule has 1 heterocycles. The van der Waals surface area contributed by atoms with Crippen LogP contribution in [0.5, 0.6) is 11.5 Å². The van der Waals surface area contributed by atoms with Gasteiger partial charge >= 0.3 is 0 Å². The molecule has 0 aliphatic carbocycles. The van der Waals surface area contributed by atoms with Crippen LogP contribution < -0.4 is 19.1 Å². The number of nitrogens with one attached hydrogen (secondary N) is 1. The summed E-state index contributed by atoms with van der Waals surface area (Å²) in [5, 5.41) is 2.54. The molecule has 0 saturated carbocycles. The Bertz CT molecular complexity index is 984. The van der Waals surface area contributed by atoms with Crippen LogP contribution in [0.25, 0.3) is 0 Å². The number of anilines is 1. The number of nitrogens with zero attached hydrogens (tertiary/aromatic N) is 1. The van der Waals surface area contributed by atoms with Crippen LogP contribution in [0.2, 0.25) is 0 Å². The fourth-order valence-corrected chi connectivity index (χ4v) is 3.50. The number of para-hydroxylation sites is 2. The molecule has 1 amide bonds. The lowest BCUT2D eigenvalue weighted by atomic mass is 10.2. The highest BCUT2D eigenvalue weighted by Gasteiger charge is 2.25. The summed E-state index contributed by atoms with van der Waals surface area (Å²) in [7, 11) is -3.98. The number of amides is 1. The molecule has 0 saturated heterocycles. The molecule has 0 aromatic heterocycles. The maximum absolute atomic E-state index is 14.0. The van der Waals surface area contributed by atoms with Crippen molar-refractivity contribution in [2.75, 3.05) is 30.3 Å². The van der Waals surface area contributed by atoms with Crippen LogP contribution in [0.1, 0.15) is 0 Å². The van der Waals surface area contributed by atoms with Crippen LogP contribution in [0.3, 0.4) is 0 Å². The number of rotatable bonds is 6. The second-order valence-corrected chi connectivity index (χ2v) is 8.07. The summed E-state index contributed by atoms with van der Waals surface area (Å²) in [5.41, 5.74) is -0.412. The second-order valence-electron chi connectivity index (χ2n) is 6.17. The predicted octanol–water partition coefficient (Wildman–Crippen LogP) is 1.69. The van der Waals surface area contributed by atoms with Gasteiger partial charge in [0.25, 0.3) is 0 Å². The minimum Gasteiger partial charge on any atom is -0.486 e. The van der Waals surface area contributed by atoms with Crippen molar-refractivity contribution < 1.29 is 31.5 Å². The smallest absolute Gasteiger partial charge is 0.240 e. The average Bonchev–Trinajstić information content (AvgIpc) is 2.64. The van der Waals surface area contributed by atoms with E-state index in [-0.39, 0.29) is 13.2 Å². The van der Waals surface area contributed by atoms with Gasteiger partial charge in [-0.2, -0.15) is 0 Å². The van der Waals surface area contributed by atoms with E-state index in [0.29, 0.717) is 21.9 Å². The molecule has 1 N–H and O–H groups in total. The van der Waals surface area contributed by atoms with Crippen LogP contribution in [-0.2, 0) is 14.8 Å². The standard InChI is InChI=1S/C18H18F2N2O5S/c1-28(24,25)22(15-7-6-12(19)8-14(15)20)10-18(23)21-9-13-11-26-16-4-2-3-5-17(16)27-13/h2-8,13H,9-11H2,1H3,(H,21,23)/t13-/m0/s1. The van der Waals surface area contributed by atoms with Gasteiger partial charge in [-0.15, -0.1) is 0 Å². The van der Waals surface area contributed by atoms with Gasteiger partial charge in [-0.1, -0.05) is 12.1 Å². The Kier molecular flexibility index (Phi) is 5.68. The van der Waals surface area contributed by atoms with Gasteiger partial charge in [0.15, 0.2) is 11.5 Å². The fraction of sp³-hybridized carbons (Fsp3) is 0.278. The number of fused-ring (bicyclic) bond motifs is 1. The third kappa shape index (κ3) is 4.69. The predicted molar refractivity (Wildman–Crippen MR) is 97.9 cm³/mol. The lowest BCUT2D eigenvalue weighted by Gasteiger charge is -2.27. The first-order valence-corrected chi connectivity index (χ1v) is 10.2. The summed E-state index contributed by atoms with van der Waals surface area (Å²) in [6, 6.07) is 9.50. The molecule has 1 aliphatic heterocycles. The third-order valence-corrected chi connectivity index (χ3v) is 5.09. The van der Waals surface area contributed by atoms with Crippen LogP contribution in [0, 0.1) is 11.6 Å². The Morgan fingerprint density at radius 1 is 1.21 bits per heavy atom. The van der Waals surface area contributed by atoms with E-state index in [2.05, 4.69) is 5.32 Å². The molecule has 10 heteroatoms. The maximum Gasteiger partial charge on any atom is 0.240 e. The molecule has 2 aromatic rings. The van der Waals surface area contributed by atoms with E-state index in [0.717, 1.165) is 18.4 Å². The van der Waals surface area contributed by atoms with Gasteiger partial charge in [-0.3, -0.25) is 9.10 Å². The number of sulfonamides is 1. The third-order valence-electron chi connectivity index (χ3n) is 3.96. The topological polar surface area (TPSA) is 84.9 Å². The normalized spacial score (nSPS) is 15.8. The molecular formula is C18H18F2N2O5S. The molecular weight excluding hydrogens is 394 g/mol. The fourth-order valence-electron chi connectivity index (χ4n) is 2.64. The monoisotopic (exact) mass is 412 g/mol. The lowest BCUT2D eigenvalue weighted by Crippen LogP contribution is -2.45. The Morgan fingerprint density at radius 3 is 2.61 bits per heavy atom. The van der Waals surface area contributed by atoms with Crippen molar-refractivity contribution in [1.82, 2.24) is 5.32 Å². The summed E-state index contributed by atoms with van der Waals surface area (Å²) < 4.78 is 62.9. The Hall–Kier alpha value is -2.88. The van der Waals surface area contributed by atoms with Crippen LogP contribution >= 0.6 is 0 Å². The molecule has 28 heavy (non-hydrogen) atoms. The minimum atomic E-state index is -3.98. The molecule has 0 spiro atoms. The maximum atomic E-state index is 14.0. The summed E-state index contributed by atoms with van der Waals surface area (Å²) in [6.07, 6.45) is 0.367. The number of carbonyl (C=O) groups is 1. The second kappa shape index (κ2) is 8.01. The van der Waals surface area contributed by atoms with Gasteiger partial charge in [0.1, 0.15) is 30.9 Å². The number of ether oxygens (including phenoxy) is 2. The highest BCUT2D eigenvalue weighted by atomic mass is 32.2. The van der Waals surface area contributed by atoms with E-state index in [4.69, 9.17) is 9.47 Å². The van der Waals surface area contributed by atoms with Crippen LogP contribution in [0.15, 0.2) is 42.5 Å². The summed E-state index contributed by atoms with van der Waals surface area (Å²) in [6.45, 7) is -0.387. The zero-order chi connectivity index (χ0) is 20.3. The van der Waals surface area contributed by atoms with Crippen molar-refractivity contribution in [3.8, 4) is 11.5 Å². The molecule has 2 aromatic carbocycles. The Labute approximate surface area is 160 Å². The van der Waals surface area contributed by atoms with Gasteiger partial charge in [0.2, 0.25) is 15.9 Å². The van der Waals surface area contributed by atoms with Crippen molar-refractivity contribution in [3.05, 3.63) is 54.1 Å². The number of hydrogen-bond donors (Lipinski definition) is 1. The first kappa shape index (κ1) is 19.9. The molecule has 1 aliphatic rings. The summed E-state index contributed by atoms with van der Waals surface area (Å²) in [4.78, 5) is 12.2. The number of hydrogen-bond acceptors (Lipinski definition) is 5. The number of halogens is 2. The number of benzene rings is 2. The van der Waals surface area contributed by atoms with Gasteiger partial charge in [0.05, 0.1) is 18.5 Å². The van der Waals surface area contributed by atoms with Crippen molar-refractivity contribution in [1.29, 1.82) is 0 Å². The Balaban J connectivity index is 1.63. The zero-order valence-electron chi connectivity index (χ0n) is 14.9. The van der Waals surface area contributed by atoms with Crippen molar-refractivity contribution in [2.24, 2.45) is 0 Å². The molecule has 150 valence electrons. The molecule has 0 radical (unpaired) electrons. The van der Waals surface area contributed by atoms with E-state index in [9.17, 15) is 22.0 Å². The Morgan fingerprint density at radius 2 is 1.93 bits per heavy atom. The van der Waals surface area contributed by atoms with Gasteiger partial charge in [-0.25, -0.2) is 17.2 Å². The first-order chi connectivity index (χ1) is 13.2. The van der Waals surface area contributed by atoms with Crippen LogP contribution in [-0.4, -0.2) is 46.4 Å². The largest absolute Gasteiger partial charge is 0.486 e. The SMILES string of the molecule is CS(=O)(=O)N(CC(=O)NC[C@H]1COc2ccccc2O1)c1ccc(F)cc1F. The molecule has 0 bridgehead atoms. The lowest BCUT2D eigenvalue weighted by molar-refractivity contribution is -0.120. The molecule has 1 atom stereocenters. The summed E-state index contributed by atoms with van der Waals surface area (Å²) >= 11 is 0. The quantitative estimate of drug-likeness (QED) is 0.781. The summed E-state index contributed by atoms with van der Waals surface area (Å²) in [5.74, 6) is -1.47. The van der Waals surface area contributed by atoms with Gasteiger partial charge in [-0.05, 0) is 24.3 Å². The van der Waals surface area contributed by atoms with Crippen molar-refractivity contribution in [2.45, 2.75) is 6.10 Å². The molecule has 7 nitrogen and oxygen atoms in total. The first-order valence-electron chi connectivity index (χ1n) is 8.32. The van der Waals surface area contributed by atoms with E-state index < -0.39 is 45.9 Å². The highest BCUT2D eigenvalue weighted by molar-refractivity contribution is 7.92. The van der Waals surface area contributed by atoms with Gasteiger partial charge in [0, 0.05) is 6.07 Å². The van der Waals surface area contributed by atoms with E-state index in [1.165, 1.54) is 0 Å². The average molecular weight is 412 g/mol. The zero-order valence-corrected chi connectivity index (χ0v) is 15.7. The van der Waals surface area contributed by atoms with Crippen LogP contribution in [0.4, 0.5) is 14.5 Å². The van der Waals surface area contributed by atoms with Gasteiger partial charge < -0.3 is 14.8 Å². The highest BCUT2D eigenvalue weighted by Crippen LogP contribution is 2.30.